The Morgan fingerprint density at radius 3 is 2.60 bits per heavy atom. The van der Waals surface area contributed by atoms with Crippen LogP contribution < -0.4 is 10.0 Å². The third-order valence-corrected chi connectivity index (χ3v) is 7.24. The molecule has 0 spiro atoms. The molecule has 114 valence electrons. The van der Waals surface area contributed by atoms with E-state index in [0.29, 0.717) is 4.21 Å². The van der Waals surface area contributed by atoms with Gasteiger partial charge in [0.05, 0.1) is 0 Å². The average molecular weight is 316 g/mol. The molecule has 0 bridgehead atoms. The summed E-state index contributed by atoms with van der Waals surface area (Å²) in [4.78, 5) is 1.10. The molecule has 1 aliphatic rings. The van der Waals surface area contributed by atoms with E-state index in [1.165, 1.54) is 11.3 Å². The van der Waals surface area contributed by atoms with Gasteiger partial charge < -0.3 is 5.32 Å². The van der Waals surface area contributed by atoms with Crippen LogP contribution in [0.4, 0.5) is 0 Å². The monoisotopic (exact) mass is 316 g/mol. The van der Waals surface area contributed by atoms with E-state index in [4.69, 9.17) is 0 Å². The van der Waals surface area contributed by atoms with Crippen molar-refractivity contribution in [1.29, 1.82) is 0 Å². The summed E-state index contributed by atoms with van der Waals surface area (Å²) in [7, 11) is -3.39. The molecule has 1 aliphatic carbocycles. The molecule has 1 heterocycles. The van der Waals surface area contributed by atoms with Gasteiger partial charge in [0, 0.05) is 17.0 Å². The minimum Gasteiger partial charge on any atom is -0.312 e. The van der Waals surface area contributed by atoms with E-state index in [-0.39, 0.29) is 5.54 Å². The summed E-state index contributed by atoms with van der Waals surface area (Å²) < 4.78 is 28.4. The second-order valence-electron chi connectivity index (χ2n) is 5.83. The van der Waals surface area contributed by atoms with Gasteiger partial charge in [0.2, 0.25) is 0 Å². The Kier molecular flexibility index (Phi) is 4.89. The zero-order valence-electron chi connectivity index (χ0n) is 12.5. The molecule has 20 heavy (non-hydrogen) atoms. The molecular formula is C14H24N2O2S2. The van der Waals surface area contributed by atoms with Crippen molar-refractivity contribution in [3.8, 4) is 0 Å². The molecule has 0 aliphatic heterocycles. The normalized spacial score (nSPS) is 18.6. The van der Waals surface area contributed by atoms with Crippen LogP contribution in [0.2, 0.25) is 0 Å². The van der Waals surface area contributed by atoms with Crippen LogP contribution in [0.3, 0.4) is 0 Å². The SMILES string of the molecule is CCNCc1sc(S(=O)(=O)NC2(C)CCCC2)cc1C. The van der Waals surface area contributed by atoms with Crippen LogP contribution in [-0.4, -0.2) is 20.5 Å². The first-order valence-corrected chi connectivity index (χ1v) is 9.50. The van der Waals surface area contributed by atoms with E-state index >= 15 is 0 Å². The van der Waals surface area contributed by atoms with Gasteiger partial charge in [0.1, 0.15) is 4.21 Å². The summed E-state index contributed by atoms with van der Waals surface area (Å²) in [5.41, 5.74) is 0.784. The third kappa shape index (κ3) is 3.61. The van der Waals surface area contributed by atoms with Crippen molar-refractivity contribution in [3.63, 3.8) is 0 Å². The molecule has 6 heteroatoms. The topological polar surface area (TPSA) is 58.2 Å². The van der Waals surface area contributed by atoms with Crippen LogP contribution in [0, 0.1) is 6.92 Å². The Labute approximate surface area is 126 Å². The second kappa shape index (κ2) is 6.13. The van der Waals surface area contributed by atoms with E-state index in [1.807, 2.05) is 20.8 Å². The first-order chi connectivity index (χ1) is 9.36. The molecule has 0 atom stereocenters. The molecule has 4 nitrogen and oxygen atoms in total. The molecule has 2 rings (SSSR count). The maximum absolute atomic E-state index is 12.5. The van der Waals surface area contributed by atoms with Gasteiger partial charge in [-0.05, 0) is 44.9 Å². The molecule has 1 aromatic heterocycles. The number of aryl methyl sites for hydroxylation is 1. The summed E-state index contributed by atoms with van der Waals surface area (Å²) >= 11 is 1.38. The van der Waals surface area contributed by atoms with Gasteiger partial charge in [-0.3, -0.25) is 0 Å². The highest BCUT2D eigenvalue weighted by atomic mass is 32.2. The van der Waals surface area contributed by atoms with Gasteiger partial charge >= 0.3 is 0 Å². The van der Waals surface area contributed by atoms with Gasteiger partial charge in [-0.2, -0.15) is 0 Å². The lowest BCUT2D eigenvalue weighted by molar-refractivity contribution is 0.428. The molecule has 0 aromatic carbocycles. The number of hydrogen-bond donors (Lipinski definition) is 2. The zero-order chi connectivity index (χ0) is 14.8. The fourth-order valence-electron chi connectivity index (χ4n) is 2.67. The van der Waals surface area contributed by atoms with E-state index in [2.05, 4.69) is 10.0 Å². The summed E-state index contributed by atoms with van der Waals surface area (Å²) in [6, 6.07) is 1.79. The first-order valence-electron chi connectivity index (χ1n) is 7.20. The minimum absolute atomic E-state index is 0.265. The number of sulfonamides is 1. The summed E-state index contributed by atoms with van der Waals surface area (Å²) in [5.74, 6) is 0. The van der Waals surface area contributed by atoms with Gasteiger partial charge in [-0.25, -0.2) is 13.1 Å². The fraction of sp³-hybridized carbons (Fsp3) is 0.714. The molecule has 0 unspecified atom stereocenters. The number of hydrogen-bond acceptors (Lipinski definition) is 4. The standard InChI is InChI=1S/C14H24N2O2S2/c1-4-15-10-12-11(2)9-13(19-12)20(17,18)16-14(3)7-5-6-8-14/h9,15-16H,4-8,10H2,1-3H3. The van der Waals surface area contributed by atoms with Crippen molar-refractivity contribution in [2.24, 2.45) is 0 Å². The van der Waals surface area contributed by atoms with Crippen LogP contribution in [0.25, 0.3) is 0 Å². The second-order valence-corrected chi connectivity index (χ2v) is 8.87. The van der Waals surface area contributed by atoms with Crippen molar-refractivity contribution >= 4 is 21.4 Å². The highest BCUT2D eigenvalue weighted by Crippen LogP contribution is 2.32. The average Bonchev–Trinajstić information content (AvgIpc) is 2.93. The van der Waals surface area contributed by atoms with Crippen molar-refractivity contribution in [3.05, 3.63) is 16.5 Å². The highest BCUT2D eigenvalue weighted by molar-refractivity contribution is 7.91. The van der Waals surface area contributed by atoms with E-state index in [9.17, 15) is 8.42 Å². The van der Waals surface area contributed by atoms with Crippen LogP contribution >= 0.6 is 11.3 Å². The summed E-state index contributed by atoms with van der Waals surface area (Å²) in [5, 5.41) is 3.25. The largest absolute Gasteiger partial charge is 0.312 e. The molecule has 1 fully saturated rings. The van der Waals surface area contributed by atoms with E-state index < -0.39 is 10.0 Å². The lowest BCUT2D eigenvalue weighted by Crippen LogP contribution is -2.43. The van der Waals surface area contributed by atoms with Gasteiger partial charge in [0.15, 0.2) is 0 Å². The first kappa shape index (κ1) is 15.9. The van der Waals surface area contributed by atoms with Gasteiger partial charge in [-0.15, -0.1) is 11.3 Å². The predicted molar refractivity (Wildman–Crippen MR) is 83.6 cm³/mol. The maximum Gasteiger partial charge on any atom is 0.250 e. The lowest BCUT2D eigenvalue weighted by atomic mass is 10.0. The quantitative estimate of drug-likeness (QED) is 0.848. The van der Waals surface area contributed by atoms with Gasteiger partial charge in [0.25, 0.3) is 10.0 Å². The molecule has 0 amide bonds. The van der Waals surface area contributed by atoms with Crippen LogP contribution in [0.5, 0.6) is 0 Å². The summed E-state index contributed by atoms with van der Waals surface area (Å²) in [6.45, 7) is 7.65. The van der Waals surface area contributed by atoms with Crippen LogP contribution in [0.1, 0.15) is 50.0 Å². The molecule has 0 radical (unpaired) electrons. The molecule has 2 N–H and O–H groups in total. The highest BCUT2D eigenvalue weighted by Gasteiger charge is 2.34. The number of thiophene rings is 1. The van der Waals surface area contributed by atoms with Crippen molar-refractivity contribution in [2.45, 2.75) is 62.7 Å². The predicted octanol–water partition coefficient (Wildman–Crippen LogP) is 2.78. The smallest absolute Gasteiger partial charge is 0.250 e. The third-order valence-electron chi connectivity index (χ3n) is 3.89. The Morgan fingerprint density at radius 1 is 1.35 bits per heavy atom. The Balaban J connectivity index is 2.17. The van der Waals surface area contributed by atoms with Crippen LogP contribution in [-0.2, 0) is 16.6 Å². The van der Waals surface area contributed by atoms with Crippen molar-refractivity contribution in [2.75, 3.05) is 6.54 Å². The molecule has 0 saturated heterocycles. The number of rotatable bonds is 6. The fourth-order valence-corrected chi connectivity index (χ4v) is 5.69. The minimum atomic E-state index is -3.39. The zero-order valence-corrected chi connectivity index (χ0v) is 14.1. The number of nitrogens with one attached hydrogen (secondary N) is 2. The van der Waals surface area contributed by atoms with Crippen LogP contribution in [0.15, 0.2) is 10.3 Å². The Bertz CT molecular complexity index is 558. The Hall–Kier alpha value is -0.430. The van der Waals surface area contributed by atoms with Gasteiger partial charge in [-0.1, -0.05) is 19.8 Å². The van der Waals surface area contributed by atoms with Crippen molar-refractivity contribution in [1.82, 2.24) is 10.0 Å². The Morgan fingerprint density at radius 2 is 2.00 bits per heavy atom. The molecule has 1 aromatic rings. The summed E-state index contributed by atoms with van der Waals surface area (Å²) in [6.07, 6.45) is 4.07. The molecular weight excluding hydrogens is 292 g/mol. The van der Waals surface area contributed by atoms with E-state index in [0.717, 1.165) is 49.2 Å². The lowest BCUT2D eigenvalue weighted by Gasteiger charge is -2.24. The van der Waals surface area contributed by atoms with Crippen molar-refractivity contribution < 1.29 is 8.42 Å². The van der Waals surface area contributed by atoms with E-state index in [1.54, 1.807) is 6.07 Å². The maximum atomic E-state index is 12.5. The molecule has 1 saturated carbocycles.